The molecule has 2 aromatic rings. The number of carbonyl (C=O) groups is 2. The summed E-state index contributed by atoms with van der Waals surface area (Å²) in [4.78, 5) is 28.2. The molecule has 4 rings (SSSR count). The Hall–Kier alpha value is -3.02. The highest BCUT2D eigenvalue weighted by Crippen LogP contribution is 2.31. The van der Waals surface area contributed by atoms with E-state index in [0.717, 1.165) is 23.4 Å². The lowest BCUT2D eigenvalue weighted by atomic mass is 10.1. The molecule has 0 N–H and O–H groups in total. The minimum Gasteiger partial charge on any atom is -0.486 e. The Morgan fingerprint density at radius 2 is 1.93 bits per heavy atom. The van der Waals surface area contributed by atoms with Crippen LogP contribution in [0.2, 0.25) is 0 Å². The van der Waals surface area contributed by atoms with Crippen LogP contribution in [0.4, 0.5) is 5.69 Å². The maximum absolute atomic E-state index is 12.9. The van der Waals surface area contributed by atoms with Crippen molar-refractivity contribution in [1.29, 1.82) is 0 Å². The minimum atomic E-state index is -0.0848. The zero-order chi connectivity index (χ0) is 18.8. The van der Waals surface area contributed by atoms with Crippen molar-refractivity contribution in [1.82, 2.24) is 4.90 Å². The van der Waals surface area contributed by atoms with Crippen molar-refractivity contribution in [3.05, 3.63) is 53.6 Å². The molecule has 0 aromatic heterocycles. The fourth-order valence-corrected chi connectivity index (χ4v) is 3.48. The fraction of sp³-hybridized carbons (Fsp3) is 0.333. The Labute approximate surface area is 158 Å². The predicted molar refractivity (Wildman–Crippen MR) is 101 cm³/mol. The van der Waals surface area contributed by atoms with Crippen molar-refractivity contribution in [2.45, 2.75) is 19.4 Å². The first-order chi connectivity index (χ1) is 13.1. The highest BCUT2D eigenvalue weighted by atomic mass is 16.6. The van der Waals surface area contributed by atoms with E-state index in [9.17, 15) is 9.59 Å². The highest BCUT2D eigenvalue weighted by molar-refractivity contribution is 5.99. The maximum Gasteiger partial charge on any atom is 0.253 e. The molecule has 0 unspecified atom stereocenters. The van der Waals surface area contributed by atoms with Crippen molar-refractivity contribution in [3.8, 4) is 11.5 Å². The van der Waals surface area contributed by atoms with Crippen LogP contribution in [0.5, 0.6) is 11.5 Å². The van der Waals surface area contributed by atoms with Crippen molar-refractivity contribution >= 4 is 17.5 Å². The number of benzene rings is 2. The standard InChI is InChI=1S/C21H22N2O4/c1-22(14-15-7-8-18-19(12-15)27-11-10-26-18)21(25)16-4-2-5-17(13-16)23-9-3-6-20(23)24/h2,4-5,7-8,12-13H,3,6,9-11,14H2,1H3. The van der Waals surface area contributed by atoms with Gasteiger partial charge in [-0.1, -0.05) is 12.1 Å². The SMILES string of the molecule is CN(Cc1ccc2c(c1)OCCO2)C(=O)c1cccc(N2CCCC2=O)c1. The Morgan fingerprint density at radius 1 is 1.11 bits per heavy atom. The molecule has 2 aliphatic rings. The Balaban J connectivity index is 1.48. The summed E-state index contributed by atoms with van der Waals surface area (Å²) in [6.45, 7) is 2.26. The summed E-state index contributed by atoms with van der Waals surface area (Å²) in [5, 5.41) is 0. The van der Waals surface area contributed by atoms with Crippen molar-refractivity contribution in [2.24, 2.45) is 0 Å². The molecule has 6 heteroatoms. The number of hydrogen-bond acceptors (Lipinski definition) is 4. The van der Waals surface area contributed by atoms with Crippen LogP contribution in [0.3, 0.4) is 0 Å². The van der Waals surface area contributed by atoms with Gasteiger partial charge in [-0.3, -0.25) is 9.59 Å². The number of rotatable bonds is 4. The first-order valence-electron chi connectivity index (χ1n) is 9.16. The third kappa shape index (κ3) is 3.60. The van der Waals surface area contributed by atoms with E-state index in [4.69, 9.17) is 9.47 Å². The first kappa shape index (κ1) is 17.4. The predicted octanol–water partition coefficient (Wildman–Crippen LogP) is 2.86. The van der Waals surface area contributed by atoms with Crippen LogP contribution in [0, 0.1) is 0 Å². The summed E-state index contributed by atoms with van der Waals surface area (Å²) in [6.07, 6.45) is 1.43. The van der Waals surface area contributed by atoms with Crippen LogP contribution >= 0.6 is 0 Å². The molecule has 1 saturated heterocycles. The molecule has 0 saturated carbocycles. The first-order valence-corrected chi connectivity index (χ1v) is 9.16. The van der Waals surface area contributed by atoms with Gasteiger partial charge >= 0.3 is 0 Å². The van der Waals surface area contributed by atoms with E-state index in [0.29, 0.717) is 44.0 Å². The third-order valence-electron chi connectivity index (χ3n) is 4.85. The number of nitrogens with zero attached hydrogens (tertiary/aromatic N) is 2. The van der Waals surface area contributed by atoms with Crippen LogP contribution in [0.25, 0.3) is 0 Å². The van der Waals surface area contributed by atoms with Gasteiger partial charge in [0.05, 0.1) is 0 Å². The van der Waals surface area contributed by atoms with Gasteiger partial charge in [-0.25, -0.2) is 0 Å². The van der Waals surface area contributed by atoms with E-state index >= 15 is 0 Å². The molecule has 27 heavy (non-hydrogen) atoms. The zero-order valence-corrected chi connectivity index (χ0v) is 15.3. The topological polar surface area (TPSA) is 59.1 Å². The van der Waals surface area contributed by atoms with E-state index in [1.54, 1.807) is 29.0 Å². The van der Waals surface area contributed by atoms with Gasteiger partial charge in [0.2, 0.25) is 5.91 Å². The Morgan fingerprint density at radius 3 is 2.70 bits per heavy atom. The molecule has 2 aliphatic heterocycles. The second-order valence-corrected chi connectivity index (χ2v) is 6.84. The summed E-state index contributed by atoms with van der Waals surface area (Å²) in [5.41, 5.74) is 2.34. The molecule has 0 aliphatic carbocycles. The summed E-state index contributed by atoms with van der Waals surface area (Å²) in [7, 11) is 1.77. The molecule has 0 radical (unpaired) electrons. The molecule has 6 nitrogen and oxygen atoms in total. The summed E-state index contributed by atoms with van der Waals surface area (Å²) in [6, 6.07) is 13.0. The van der Waals surface area contributed by atoms with Gasteiger partial charge in [0.15, 0.2) is 11.5 Å². The third-order valence-corrected chi connectivity index (χ3v) is 4.85. The normalized spacial score (nSPS) is 15.7. The van der Waals surface area contributed by atoms with E-state index < -0.39 is 0 Å². The van der Waals surface area contributed by atoms with E-state index in [2.05, 4.69) is 0 Å². The largest absolute Gasteiger partial charge is 0.486 e. The van der Waals surface area contributed by atoms with E-state index in [1.165, 1.54) is 0 Å². The summed E-state index contributed by atoms with van der Waals surface area (Å²) in [5.74, 6) is 1.48. The Kier molecular flexibility index (Phi) is 4.71. The summed E-state index contributed by atoms with van der Waals surface area (Å²) < 4.78 is 11.1. The molecular formula is C21H22N2O4. The molecule has 0 spiro atoms. The average Bonchev–Trinajstić information content (AvgIpc) is 3.13. The maximum atomic E-state index is 12.9. The van der Waals surface area contributed by atoms with Gasteiger partial charge in [0.25, 0.3) is 5.91 Å². The molecule has 2 aromatic carbocycles. The van der Waals surface area contributed by atoms with Crippen LogP contribution in [-0.2, 0) is 11.3 Å². The molecular weight excluding hydrogens is 344 g/mol. The fourth-order valence-electron chi connectivity index (χ4n) is 3.48. The van der Waals surface area contributed by atoms with Gasteiger partial charge in [-0.2, -0.15) is 0 Å². The molecule has 1 fully saturated rings. The van der Waals surface area contributed by atoms with Gasteiger partial charge in [-0.05, 0) is 42.3 Å². The lowest BCUT2D eigenvalue weighted by Crippen LogP contribution is -2.27. The van der Waals surface area contributed by atoms with Crippen molar-refractivity contribution < 1.29 is 19.1 Å². The van der Waals surface area contributed by atoms with E-state index in [1.807, 2.05) is 30.3 Å². The Bertz CT molecular complexity index is 880. The van der Waals surface area contributed by atoms with Crippen LogP contribution in [-0.4, -0.2) is 43.5 Å². The summed E-state index contributed by atoms with van der Waals surface area (Å²) >= 11 is 0. The van der Waals surface area contributed by atoms with Gasteiger partial charge in [0.1, 0.15) is 13.2 Å². The van der Waals surface area contributed by atoms with Crippen LogP contribution in [0.15, 0.2) is 42.5 Å². The zero-order valence-electron chi connectivity index (χ0n) is 15.3. The highest BCUT2D eigenvalue weighted by Gasteiger charge is 2.23. The minimum absolute atomic E-state index is 0.0848. The monoisotopic (exact) mass is 366 g/mol. The smallest absolute Gasteiger partial charge is 0.253 e. The quantitative estimate of drug-likeness (QED) is 0.835. The number of fused-ring (bicyclic) bond motifs is 1. The lowest BCUT2D eigenvalue weighted by Gasteiger charge is -2.22. The van der Waals surface area contributed by atoms with Crippen LogP contribution < -0.4 is 14.4 Å². The molecule has 2 amide bonds. The lowest BCUT2D eigenvalue weighted by molar-refractivity contribution is -0.117. The average molecular weight is 366 g/mol. The van der Waals surface area contributed by atoms with Gasteiger partial charge < -0.3 is 19.3 Å². The number of amides is 2. The second kappa shape index (κ2) is 7.31. The number of hydrogen-bond donors (Lipinski definition) is 0. The molecule has 0 atom stereocenters. The van der Waals surface area contributed by atoms with Crippen molar-refractivity contribution in [2.75, 3.05) is 31.7 Å². The molecule has 0 bridgehead atoms. The van der Waals surface area contributed by atoms with Gasteiger partial charge in [0, 0.05) is 37.8 Å². The van der Waals surface area contributed by atoms with E-state index in [-0.39, 0.29) is 11.8 Å². The second-order valence-electron chi connectivity index (χ2n) is 6.84. The van der Waals surface area contributed by atoms with Crippen molar-refractivity contribution in [3.63, 3.8) is 0 Å². The number of ether oxygens (including phenoxy) is 2. The van der Waals surface area contributed by atoms with Gasteiger partial charge in [-0.15, -0.1) is 0 Å². The number of anilines is 1. The molecule has 2 heterocycles. The number of carbonyl (C=O) groups excluding carboxylic acids is 2. The van der Waals surface area contributed by atoms with Crippen LogP contribution in [0.1, 0.15) is 28.8 Å². The molecule has 140 valence electrons.